The first-order valence-electron chi connectivity index (χ1n) is 5.46. The largest absolute Gasteiger partial charge is 0.315 e. The van der Waals surface area contributed by atoms with Crippen LogP contribution in [0.3, 0.4) is 0 Å². The maximum atomic E-state index is 12.1. The number of carbonyl (C=O) groups is 2. The first-order valence-corrected chi connectivity index (χ1v) is 5.46. The second kappa shape index (κ2) is 3.42. The molecule has 1 saturated heterocycles. The lowest BCUT2D eigenvalue weighted by Crippen LogP contribution is -2.41. The molecular weight excluding hydrogens is 204 g/mol. The summed E-state index contributed by atoms with van der Waals surface area (Å²) in [4.78, 5) is 25.6. The molecule has 0 aliphatic carbocycles. The number of hydrogen-bond donors (Lipinski definition) is 1. The second-order valence-corrected chi connectivity index (χ2v) is 4.17. The Morgan fingerprint density at radius 2 is 1.75 bits per heavy atom. The number of nitrogens with zero attached hydrogens (tertiary/aromatic N) is 1. The van der Waals surface area contributed by atoms with E-state index in [9.17, 15) is 9.59 Å². The van der Waals surface area contributed by atoms with Crippen LogP contribution in [-0.4, -0.2) is 35.8 Å². The van der Waals surface area contributed by atoms with E-state index >= 15 is 0 Å². The van der Waals surface area contributed by atoms with Crippen LogP contribution in [0.1, 0.15) is 27.1 Å². The molecule has 2 amide bonds. The molecule has 4 nitrogen and oxygen atoms in total. The fraction of sp³-hybridized carbons (Fsp3) is 0.333. The van der Waals surface area contributed by atoms with Crippen LogP contribution in [-0.2, 0) is 0 Å². The lowest BCUT2D eigenvalue weighted by Gasteiger charge is -2.20. The van der Waals surface area contributed by atoms with Crippen molar-refractivity contribution in [2.75, 3.05) is 13.1 Å². The number of amides is 2. The van der Waals surface area contributed by atoms with Gasteiger partial charge in [-0.2, -0.15) is 0 Å². The van der Waals surface area contributed by atoms with Gasteiger partial charge in [0.15, 0.2) is 0 Å². The average molecular weight is 216 g/mol. The molecule has 1 atom stereocenters. The Labute approximate surface area is 93.2 Å². The summed E-state index contributed by atoms with van der Waals surface area (Å²) in [6.45, 7) is 1.59. The maximum absolute atomic E-state index is 12.1. The molecule has 3 rings (SSSR count). The van der Waals surface area contributed by atoms with Crippen LogP contribution < -0.4 is 5.32 Å². The normalized spacial score (nSPS) is 24.0. The number of fused-ring (bicyclic) bond motifs is 1. The summed E-state index contributed by atoms with van der Waals surface area (Å²) in [6, 6.07) is 7.05. The van der Waals surface area contributed by atoms with Crippen LogP contribution >= 0.6 is 0 Å². The van der Waals surface area contributed by atoms with Gasteiger partial charge in [0.25, 0.3) is 11.8 Å². The fourth-order valence-electron chi connectivity index (χ4n) is 2.40. The van der Waals surface area contributed by atoms with Crippen LogP contribution in [0, 0.1) is 0 Å². The molecule has 2 aliphatic heterocycles. The van der Waals surface area contributed by atoms with Gasteiger partial charge in [0.1, 0.15) is 0 Å². The van der Waals surface area contributed by atoms with E-state index in [0.29, 0.717) is 17.7 Å². The molecule has 2 aliphatic rings. The van der Waals surface area contributed by atoms with E-state index in [4.69, 9.17) is 0 Å². The van der Waals surface area contributed by atoms with Crippen molar-refractivity contribution in [3.63, 3.8) is 0 Å². The molecule has 82 valence electrons. The highest BCUT2D eigenvalue weighted by Gasteiger charge is 2.40. The van der Waals surface area contributed by atoms with E-state index in [1.165, 1.54) is 4.90 Å². The molecule has 2 heterocycles. The third kappa shape index (κ3) is 1.20. The minimum Gasteiger partial charge on any atom is -0.315 e. The summed E-state index contributed by atoms with van der Waals surface area (Å²) >= 11 is 0. The highest BCUT2D eigenvalue weighted by Crippen LogP contribution is 2.26. The predicted molar refractivity (Wildman–Crippen MR) is 58.2 cm³/mol. The van der Waals surface area contributed by atoms with Crippen LogP contribution in [0.5, 0.6) is 0 Å². The number of hydrogen-bond acceptors (Lipinski definition) is 3. The quantitative estimate of drug-likeness (QED) is 0.701. The van der Waals surface area contributed by atoms with Gasteiger partial charge in [-0.15, -0.1) is 0 Å². The molecule has 0 bridgehead atoms. The predicted octanol–water partition coefficient (Wildman–Crippen LogP) is 0.645. The molecule has 1 N–H and O–H groups in total. The van der Waals surface area contributed by atoms with E-state index < -0.39 is 0 Å². The monoisotopic (exact) mass is 216 g/mol. The molecule has 0 spiro atoms. The third-order valence-corrected chi connectivity index (χ3v) is 3.22. The Bertz CT molecular complexity index is 429. The van der Waals surface area contributed by atoms with E-state index in [0.717, 1.165) is 13.0 Å². The molecule has 4 heteroatoms. The molecule has 1 aromatic carbocycles. The van der Waals surface area contributed by atoms with Crippen LogP contribution in [0.2, 0.25) is 0 Å². The van der Waals surface area contributed by atoms with E-state index in [2.05, 4.69) is 5.32 Å². The number of benzene rings is 1. The highest BCUT2D eigenvalue weighted by molar-refractivity contribution is 6.21. The number of nitrogens with one attached hydrogen (secondary N) is 1. The summed E-state index contributed by atoms with van der Waals surface area (Å²) < 4.78 is 0. The molecule has 0 radical (unpaired) electrons. The molecule has 0 aromatic heterocycles. The molecule has 1 fully saturated rings. The summed E-state index contributed by atoms with van der Waals surface area (Å²) in [5.41, 5.74) is 1.08. The van der Waals surface area contributed by atoms with Gasteiger partial charge in [0.05, 0.1) is 17.2 Å². The van der Waals surface area contributed by atoms with Crippen molar-refractivity contribution >= 4 is 11.8 Å². The van der Waals surface area contributed by atoms with Gasteiger partial charge in [-0.3, -0.25) is 14.5 Å². The summed E-state index contributed by atoms with van der Waals surface area (Å²) in [5.74, 6) is -0.288. The van der Waals surface area contributed by atoms with Gasteiger partial charge < -0.3 is 5.32 Å². The number of imide groups is 1. The molecule has 1 unspecified atom stereocenters. The van der Waals surface area contributed by atoms with Gasteiger partial charge in [-0.25, -0.2) is 0 Å². The Hall–Kier alpha value is -1.68. The highest BCUT2D eigenvalue weighted by atomic mass is 16.2. The molecule has 16 heavy (non-hydrogen) atoms. The Balaban J connectivity index is 2.00. The van der Waals surface area contributed by atoms with E-state index in [1.807, 2.05) is 0 Å². The standard InChI is InChI=1S/C12H12N2O2/c15-11-9-3-1-2-4-10(9)12(16)14(11)8-5-6-13-7-8/h1-4,8,13H,5-7H2. The zero-order valence-electron chi connectivity index (χ0n) is 8.77. The maximum Gasteiger partial charge on any atom is 0.261 e. The van der Waals surface area contributed by atoms with E-state index in [-0.39, 0.29) is 17.9 Å². The van der Waals surface area contributed by atoms with Crippen molar-refractivity contribution in [2.45, 2.75) is 12.5 Å². The number of rotatable bonds is 1. The summed E-state index contributed by atoms with van der Waals surface area (Å²) in [6.07, 6.45) is 0.853. The smallest absolute Gasteiger partial charge is 0.261 e. The van der Waals surface area contributed by atoms with Crippen molar-refractivity contribution in [1.29, 1.82) is 0 Å². The summed E-state index contributed by atoms with van der Waals surface area (Å²) in [5, 5.41) is 3.17. The molecule has 1 aromatic rings. The Morgan fingerprint density at radius 3 is 2.25 bits per heavy atom. The van der Waals surface area contributed by atoms with Gasteiger partial charge in [-0.1, -0.05) is 12.1 Å². The van der Waals surface area contributed by atoms with Gasteiger partial charge >= 0.3 is 0 Å². The van der Waals surface area contributed by atoms with Gasteiger partial charge in [-0.05, 0) is 25.1 Å². The second-order valence-electron chi connectivity index (χ2n) is 4.17. The zero-order chi connectivity index (χ0) is 11.1. The first kappa shape index (κ1) is 9.54. The average Bonchev–Trinajstić information content (AvgIpc) is 2.89. The van der Waals surface area contributed by atoms with Crippen LogP contribution in [0.25, 0.3) is 0 Å². The lowest BCUT2D eigenvalue weighted by molar-refractivity contribution is 0.0597. The molecule has 0 saturated carbocycles. The van der Waals surface area contributed by atoms with Crippen molar-refractivity contribution in [3.8, 4) is 0 Å². The molecular formula is C12H12N2O2. The summed E-state index contributed by atoms with van der Waals surface area (Å²) in [7, 11) is 0. The van der Waals surface area contributed by atoms with Gasteiger partial charge in [0.2, 0.25) is 0 Å². The topological polar surface area (TPSA) is 49.4 Å². The minimum absolute atomic E-state index is 0.0207. The van der Waals surface area contributed by atoms with Crippen molar-refractivity contribution in [2.24, 2.45) is 0 Å². The number of carbonyl (C=O) groups excluding carboxylic acids is 2. The van der Waals surface area contributed by atoms with Crippen molar-refractivity contribution in [3.05, 3.63) is 35.4 Å². The zero-order valence-corrected chi connectivity index (χ0v) is 8.77. The lowest BCUT2D eigenvalue weighted by atomic mass is 10.1. The Kier molecular flexibility index (Phi) is 2.04. The first-order chi connectivity index (χ1) is 7.79. The van der Waals surface area contributed by atoms with Crippen molar-refractivity contribution in [1.82, 2.24) is 10.2 Å². The van der Waals surface area contributed by atoms with Crippen LogP contribution in [0.4, 0.5) is 0 Å². The van der Waals surface area contributed by atoms with Crippen LogP contribution in [0.15, 0.2) is 24.3 Å². The fourth-order valence-corrected chi connectivity index (χ4v) is 2.40. The third-order valence-electron chi connectivity index (χ3n) is 3.22. The SMILES string of the molecule is O=C1c2ccccc2C(=O)N1C1CCNC1. The minimum atomic E-state index is -0.144. The van der Waals surface area contributed by atoms with E-state index in [1.54, 1.807) is 24.3 Å². The van der Waals surface area contributed by atoms with Crippen molar-refractivity contribution < 1.29 is 9.59 Å². The Morgan fingerprint density at radius 1 is 1.12 bits per heavy atom. The van der Waals surface area contributed by atoms with Gasteiger partial charge in [0, 0.05) is 6.54 Å².